The van der Waals surface area contributed by atoms with Gasteiger partial charge in [-0.25, -0.2) is 4.79 Å². The molecule has 0 aliphatic heterocycles. The van der Waals surface area contributed by atoms with Gasteiger partial charge in [-0.1, -0.05) is 48.5 Å². The van der Waals surface area contributed by atoms with Gasteiger partial charge in [0.05, 0.1) is 6.66 Å². The lowest BCUT2D eigenvalue weighted by molar-refractivity contribution is -0.000177. The minimum absolute atomic E-state index is 0. The maximum atomic E-state index is 13.0. The molecule has 28 heavy (non-hydrogen) atoms. The Morgan fingerprint density at radius 3 is 1.64 bits per heavy atom. The third-order valence-electron chi connectivity index (χ3n) is 4.55. The number of ether oxygens (including phenoxy) is 1. The van der Waals surface area contributed by atoms with Crippen LogP contribution in [0.4, 0.5) is 0 Å². The summed E-state index contributed by atoms with van der Waals surface area (Å²) in [5, 5.41) is 3.54. The highest BCUT2D eigenvalue weighted by Gasteiger charge is 2.43. The zero-order valence-electron chi connectivity index (χ0n) is 16.7. The standard InChI is InChI=1S/C24H26O2P.HI/c1-24(2,3)26-23(25)21-17-11-12-18-22(21)27(4,19-13-7-5-8-14-19)20-15-9-6-10-16-20;/h5-18H,1-4H3;1H/q+1;/p-1. The van der Waals surface area contributed by atoms with Gasteiger partial charge in [-0.15, -0.1) is 0 Å². The minimum Gasteiger partial charge on any atom is -1.00 e. The summed E-state index contributed by atoms with van der Waals surface area (Å²) >= 11 is 0. The number of carbonyl (C=O) groups excluding carboxylic acids is 1. The van der Waals surface area contributed by atoms with Crippen LogP contribution < -0.4 is 39.9 Å². The van der Waals surface area contributed by atoms with E-state index in [1.807, 2.05) is 51.1 Å². The molecular weight excluding hydrogens is 478 g/mol. The van der Waals surface area contributed by atoms with Gasteiger partial charge < -0.3 is 28.7 Å². The van der Waals surface area contributed by atoms with Gasteiger partial charge in [-0.05, 0) is 57.2 Å². The monoisotopic (exact) mass is 504 g/mol. The van der Waals surface area contributed by atoms with E-state index >= 15 is 0 Å². The van der Waals surface area contributed by atoms with Crippen molar-refractivity contribution in [3.05, 3.63) is 90.5 Å². The molecule has 0 heterocycles. The molecule has 0 radical (unpaired) electrons. The Morgan fingerprint density at radius 2 is 1.18 bits per heavy atom. The highest BCUT2D eigenvalue weighted by atomic mass is 127. The van der Waals surface area contributed by atoms with E-state index in [1.54, 1.807) is 0 Å². The quantitative estimate of drug-likeness (QED) is 0.307. The van der Waals surface area contributed by atoms with Gasteiger partial charge in [-0.3, -0.25) is 0 Å². The van der Waals surface area contributed by atoms with Crippen LogP contribution in [0, 0.1) is 0 Å². The maximum Gasteiger partial charge on any atom is 0.342 e. The first-order valence-corrected chi connectivity index (χ1v) is 11.4. The van der Waals surface area contributed by atoms with Crippen LogP contribution >= 0.6 is 7.26 Å². The van der Waals surface area contributed by atoms with Gasteiger partial charge in [0.25, 0.3) is 0 Å². The molecule has 0 N–H and O–H groups in total. The lowest BCUT2D eigenvalue weighted by Gasteiger charge is -2.26. The predicted octanol–water partition coefficient (Wildman–Crippen LogP) is 1.57. The number of esters is 1. The predicted molar refractivity (Wildman–Crippen MR) is 116 cm³/mol. The van der Waals surface area contributed by atoms with Crippen molar-refractivity contribution in [3.63, 3.8) is 0 Å². The number of hydrogen-bond acceptors (Lipinski definition) is 2. The zero-order chi connectivity index (χ0) is 19.5. The second-order valence-corrected chi connectivity index (χ2v) is 11.2. The Balaban J connectivity index is 0.00000280. The molecule has 3 aromatic rings. The Kier molecular flexibility index (Phi) is 7.41. The first kappa shape index (κ1) is 22.6. The summed E-state index contributed by atoms with van der Waals surface area (Å²) < 4.78 is 5.71. The summed E-state index contributed by atoms with van der Waals surface area (Å²) in [6.07, 6.45) is 0. The van der Waals surface area contributed by atoms with E-state index in [0.717, 1.165) is 5.30 Å². The Morgan fingerprint density at radius 1 is 0.750 bits per heavy atom. The number of carbonyl (C=O) groups is 1. The lowest BCUT2D eigenvalue weighted by atomic mass is 10.1. The molecule has 0 unspecified atom stereocenters. The van der Waals surface area contributed by atoms with Gasteiger partial charge in [0.15, 0.2) is 0 Å². The van der Waals surface area contributed by atoms with Gasteiger partial charge in [0, 0.05) is 0 Å². The molecule has 0 spiro atoms. The molecule has 0 amide bonds. The van der Waals surface area contributed by atoms with Crippen LogP contribution in [0.2, 0.25) is 0 Å². The second kappa shape index (κ2) is 9.19. The Bertz CT molecular complexity index is 879. The van der Waals surface area contributed by atoms with Crippen LogP contribution in [0.1, 0.15) is 31.1 Å². The molecule has 0 atom stereocenters. The number of hydrogen-bond donors (Lipinski definition) is 0. The summed E-state index contributed by atoms with van der Waals surface area (Å²) in [5.41, 5.74) is 0.120. The van der Waals surface area contributed by atoms with Crippen molar-refractivity contribution in [2.45, 2.75) is 26.4 Å². The average Bonchev–Trinajstić information content (AvgIpc) is 2.67. The fourth-order valence-corrected chi connectivity index (χ4v) is 6.67. The summed E-state index contributed by atoms with van der Waals surface area (Å²) in [6.45, 7) is 7.98. The fraction of sp³-hybridized carbons (Fsp3) is 0.208. The van der Waals surface area contributed by atoms with Crippen LogP contribution in [-0.4, -0.2) is 18.2 Å². The van der Waals surface area contributed by atoms with E-state index in [9.17, 15) is 4.79 Å². The summed E-state index contributed by atoms with van der Waals surface area (Å²) in [5.74, 6) is -0.267. The van der Waals surface area contributed by atoms with Gasteiger partial charge >= 0.3 is 5.97 Å². The number of halogens is 1. The SMILES string of the molecule is CC(C)(C)OC(=O)c1ccccc1[P+](C)(c1ccccc1)c1ccccc1.[I-]. The number of benzene rings is 3. The minimum atomic E-state index is -1.98. The van der Waals surface area contributed by atoms with E-state index in [2.05, 4.69) is 61.3 Å². The molecule has 0 saturated carbocycles. The van der Waals surface area contributed by atoms with E-state index < -0.39 is 12.9 Å². The van der Waals surface area contributed by atoms with Crippen molar-refractivity contribution in [3.8, 4) is 0 Å². The van der Waals surface area contributed by atoms with Crippen molar-refractivity contribution < 1.29 is 33.5 Å². The smallest absolute Gasteiger partial charge is 0.342 e. The second-order valence-electron chi connectivity index (χ2n) is 7.70. The van der Waals surface area contributed by atoms with Crippen molar-refractivity contribution in [2.75, 3.05) is 6.66 Å². The third-order valence-corrected chi connectivity index (χ3v) is 8.57. The maximum absolute atomic E-state index is 13.0. The van der Waals surface area contributed by atoms with Crippen molar-refractivity contribution in [1.29, 1.82) is 0 Å². The van der Waals surface area contributed by atoms with Crippen LogP contribution in [0.25, 0.3) is 0 Å². The van der Waals surface area contributed by atoms with Crippen LogP contribution in [0.5, 0.6) is 0 Å². The molecule has 0 fully saturated rings. The van der Waals surface area contributed by atoms with E-state index in [0.29, 0.717) is 5.56 Å². The molecule has 146 valence electrons. The van der Waals surface area contributed by atoms with Crippen molar-refractivity contribution in [1.82, 2.24) is 0 Å². The Labute approximate surface area is 185 Å². The highest BCUT2D eigenvalue weighted by molar-refractivity contribution is 7.95. The van der Waals surface area contributed by atoms with Crippen LogP contribution in [0.3, 0.4) is 0 Å². The summed E-state index contributed by atoms with van der Waals surface area (Å²) in [7, 11) is -1.98. The zero-order valence-corrected chi connectivity index (χ0v) is 19.8. The molecule has 2 nitrogen and oxygen atoms in total. The van der Waals surface area contributed by atoms with Crippen LogP contribution in [-0.2, 0) is 4.74 Å². The third kappa shape index (κ3) is 4.82. The van der Waals surface area contributed by atoms with E-state index in [-0.39, 0.29) is 29.9 Å². The number of rotatable bonds is 4. The molecule has 3 rings (SSSR count). The van der Waals surface area contributed by atoms with Gasteiger partial charge in [-0.2, -0.15) is 0 Å². The van der Waals surface area contributed by atoms with E-state index in [1.165, 1.54) is 10.6 Å². The topological polar surface area (TPSA) is 26.3 Å². The highest BCUT2D eigenvalue weighted by Crippen LogP contribution is 2.52. The summed E-state index contributed by atoms with van der Waals surface area (Å²) in [4.78, 5) is 13.0. The average molecular weight is 504 g/mol. The van der Waals surface area contributed by atoms with Crippen molar-refractivity contribution in [2.24, 2.45) is 0 Å². The molecule has 4 heteroatoms. The fourth-order valence-electron chi connectivity index (χ4n) is 3.25. The first-order valence-electron chi connectivity index (χ1n) is 9.13. The van der Waals surface area contributed by atoms with Crippen molar-refractivity contribution >= 4 is 29.1 Å². The Hall–Kier alpha value is -1.71. The van der Waals surface area contributed by atoms with Gasteiger partial charge in [0.1, 0.15) is 34.3 Å². The first-order chi connectivity index (χ1) is 12.8. The largest absolute Gasteiger partial charge is 1.00 e. The molecule has 0 aliphatic rings. The van der Waals surface area contributed by atoms with Crippen LogP contribution in [0.15, 0.2) is 84.9 Å². The summed E-state index contributed by atoms with van der Waals surface area (Å²) in [6, 6.07) is 28.8. The normalized spacial score (nSPS) is 11.4. The van der Waals surface area contributed by atoms with E-state index in [4.69, 9.17) is 4.74 Å². The molecular formula is C24H26IO2P. The molecule has 3 aromatic carbocycles. The molecule has 0 saturated heterocycles. The lowest BCUT2D eigenvalue weighted by Crippen LogP contribution is -3.00. The molecule has 0 aliphatic carbocycles. The molecule has 0 bridgehead atoms. The van der Waals surface area contributed by atoms with Gasteiger partial charge in [0.2, 0.25) is 0 Å². The molecule has 0 aromatic heterocycles.